The maximum absolute atomic E-state index is 10.8. The molecule has 2 aliphatic rings. The highest BCUT2D eigenvalue weighted by Gasteiger charge is 2.22. The minimum absolute atomic E-state index is 0.0622. The Bertz CT molecular complexity index is 1020. The standard InChI is InChI=1S/C20H23N5O3.C3H6/c1-13-10-24(11-14(2)28-13)12-15-6-8-16(9-7-15)17-4-3-5-18-21-19(22-20(26)27)23-25(17)18;1-2-3-1/h3-9,13-14H,10-12H2,1-2H3,(H,22,23)(H,26,27);1-3H2/t13-,14+;. The van der Waals surface area contributed by atoms with Crippen molar-refractivity contribution < 1.29 is 14.6 Å². The summed E-state index contributed by atoms with van der Waals surface area (Å²) in [6.45, 7) is 6.97. The van der Waals surface area contributed by atoms with Crippen LogP contribution in [0.3, 0.4) is 0 Å². The molecule has 1 saturated heterocycles. The van der Waals surface area contributed by atoms with Crippen molar-refractivity contribution in [3.63, 3.8) is 0 Å². The van der Waals surface area contributed by atoms with Gasteiger partial charge in [0.05, 0.1) is 17.9 Å². The lowest BCUT2D eigenvalue weighted by atomic mass is 10.1. The maximum atomic E-state index is 10.8. The monoisotopic (exact) mass is 423 g/mol. The van der Waals surface area contributed by atoms with Crippen molar-refractivity contribution in [3.05, 3.63) is 48.0 Å². The molecule has 1 aliphatic heterocycles. The summed E-state index contributed by atoms with van der Waals surface area (Å²) in [5, 5.41) is 15.3. The summed E-state index contributed by atoms with van der Waals surface area (Å²) in [7, 11) is 0. The van der Waals surface area contributed by atoms with Gasteiger partial charge in [-0.3, -0.25) is 10.2 Å². The fourth-order valence-corrected chi connectivity index (χ4v) is 3.72. The van der Waals surface area contributed by atoms with Crippen molar-refractivity contribution in [2.24, 2.45) is 0 Å². The number of morpholine rings is 1. The van der Waals surface area contributed by atoms with Crippen LogP contribution in [0.25, 0.3) is 16.9 Å². The van der Waals surface area contributed by atoms with Crippen LogP contribution in [-0.4, -0.2) is 56.0 Å². The average Bonchev–Trinajstić information content (AvgIpc) is 3.54. The third kappa shape index (κ3) is 5.80. The van der Waals surface area contributed by atoms with Gasteiger partial charge in [0.15, 0.2) is 5.65 Å². The van der Waals surface area contributed by atoms with Gasteiger partial charge in [0.2, 0.25) is 0 Å². The second-order valence-electron chi connectivity index (χ2n) is 8.26. The second-order valence-corrected chi connectivity index (χ2v) is 8.26. The minimum atomic E-state index is -1.19. The topological polar surface area (TPSA) is 92.0 Å². The first-order valence-electron chi connectivity index (χ1n) is 10.8. The third-order valence-corrected chi connectivity index (χ3v) is 5.08. The number of hydrogen-bond acceptors (Lipinski definition) is 5. The Morgan fingerprint density at radius 2 is 1.77 bits per heavy atom. The molecule has 3 heterocycles. The quantitative estimate of drug-likeness (QED) is 0.651. The molecule has 0 spiro atoms. The lowest BCUT2D eigenvalue weighted by Gasteiger charge is -2.35. The number of hydrogen-bond donors (Lipinski definition) is 2. The molecule has 8 nitrogen and oxygen atoms in total. The largest absolute Gasteiger partial charge is 0.465 e. The van der Waals surface area contributed by atoms with Crippen LogP contribution >= 0.6 is 0 Å². The van der Waals surface area contributed by atoms with Gasteiger partial charge in [0.25, 0.3) is 5.95 Å². The molecule has 1 aromatic carbocycles. The zero-order chi connectivity index (χ0) is 21.8. The van der Waals surface area contributed by atoms with E-state index in [0.717, 1.165) is 30.9 Å². The summed E-state index contributed by atoms with van der Waals surface area (Å²) in [5.74, 6) is 0.0622. The van der Waals surface area contributed by atoms with Gasteiger partial charge < -0.3 is 9.84 Å². The smallest absolute Gasteiger partial charge is 0.411 e. The summed E-state index contributed by atoms with van der Waals surface area (Å²) < 4.78 is 7.44. The predicted octanol–water partition coefficient (Wildman–Crippen LogP) is 4.27. The molecular weight excluding hydrogens is 394 g/mol. The van der Waals surface area contributed by atoms with Crippen LogP contribution < -0.4 is 5.32 Å². The average molecular weight is 424 g/mol. The summed E-state index contributed by atoms with van der Waals surface area (Å²) in [6, 6.07) is 14.0. The molecule has 1 aliphatic carbocycles. The maximum Gasteiger partial charge on any atom is 0.411 e. The molecule has 0 radical (unpaired) electrons. The molecule has 8 heteroatoms. The normalized spacial score (nSPS) is 20.7. The first-order valence-corrected chi connectivity index (χ1v) is 10.8. The van der Waals surface area contributed by atoms with Crippen LogP contribution in [0.1, 0.15) is 38.7 Å². The number of carboxylic acid groups (broad SMARTS) is 1. The summed E-state index contributed by atoms with van der Waals surface area (Å²) >= 11 is 0. The van der Waals surface area contributed by atoms with Crippen LogP contribution in [0, 0.1) is 0 Å². The number of rotatable bonds is 4. The lowest BCUT2D eigenvalue weighted by Crippen LogP contribution is -2.44. The first kappa shape index (κ1) is 21.3. The number of carbonyl (C=O) groups is 1. The van der Waals surface area contributed by atoms with Gasteiger partial charge in [-0.1, -0.05) is 49.6 Å². The van der Waals surface area contributed by atoms with E-state index in [0.29, 0.717) is 5.65 Å². The van der Waals surface area contributed by atoms with E-state index >= 15 is 0 Å². The van der Waals surface area contributed by atoms with E-state index in [9.17, 15) is 4.79 Å². The van der Waals surface area contributed by atoms with Gasteiger partial charge in [-0.15, -0.1) is 5.10 Å². The number of benzene rings is 1. The number of pyridine rings is 1. The molecular formula is C23H29N5O3. The zero-order valence-corrected chi connectivity index (χ0v) is 18.0. The number of nitrogens with zero attached hydrogens (tertiary/aromatic N) is 4. The van der Waals surface area contributed by atoms with Crippen LogP contribution in [0.2, 0.25) is 0 Å². The Balaban J connectivity index is 0.000000710. The van der Waals surface area contributed by atoms with E-state index in [1.807, 2.05) is 12.1 Å². The second kappa shape index (κ2) is 9.45. The number of amides is 1. The third-order valence-electron chi connectivity index (χ3n) is 5.08. The van der Waals surface area contributed by atoms with Crippen molar-refractivity contribution in [2.75, 3.05) is 18.4 Å². The Labute approximate surface area is 181 Å². The number of anilines is 1. The van der Waals surface area contributed by atoms with E-state index in [1.54, 1.807) is 10.6 Å². The number of nitrogens with one attached hydrogen (secondary N) is 1. The van der Waals surface area contributed by atoms with Gasteiger partial charge in [0.1, 0.15) is 0 Å². The number of ether oxygens (including phenoxy) is 1. The van der Waals surface area contributed by atoms with Crippen molar-refractivity contribution in [1.29, 1.82) is 0 Å². The fraction of sp³-hybridized carbons (Fsp3) is 0.435. The molecule has 5 rings (SSSR count). The van der Waals surface area contributed by atoms with Gasteiger partial charge >= 0.3 is 6.09 Å². The lowest BCUT2D eigenvalue weighted by molar-refractivity contribution is -0.0704. The van der Waals surface area contributed by atoms with E-state index in [-0.39, 0.29) is 18.2 Å². The van der Waals surface area contributed by atoms with E-state index in [1.165, 1.54) is 24.8 Å². The van der Waals surface area contributed by atoms with Crippen LogP contribution in [-0.2, 0) is 11.3 Å². The Morgan fingerprint density at radius 1 is 1.10 bits per heavy atom. The minimum Gasteiger partial charge on any atom is -0.465 e. The molecule has 1 saturated carbocycles. The van der Waals surface area contributed by atoms with Gasteiger partial charge in [0, 0.05) is 25.2 Å². The van der Waals surface area contributed by atoms with Crippen LogP contribution in [0.5, 0.6) is 0 Å². The van der Waals surface area contributed by atoms with E-state index < -0.39 is 6.09 Å². The molecule has 1 amide bonds. The highest BCUT2D eigenvalue weighted by Crippen LogP contribution is 2.22. The highest BCUT2D eigenvalue weighted by molar-refractivity contribution is 5.80. The molecule has 2 aromatic heterocycles. The summed E-state index contributed by atoms with van der Waals surface area (Å²) in [5.41, 5.74) is 3.67. The van der Waals surface area contributed by atoms with Crippen LogP contribution in [0.4, 0.5) is 10.7 Å². The Morgan fingerprint density at radius 3 is 2.39 bits per heavy atom. The molecule has 0 unspecified atom stereocenters. The van der Waals surface area contributed by atoms with Crippen molar-refractivity contribution >= 4 is 17.7 Å². The molecule has 2 fully saturated rings. The highest BCUT2D eigenvalue weighted by atomic mass is 16.5. The molecule has 164 valence electrons. The van der Waals surface area contributed by atoms with Crippen molar-refractivity contribution in [2.45, 2.75) is 51.9 Å². The molecule has 3 aromatic rings. The predicted molar refractivity (Wildman–Crippen MR) is 119 cm³/mol. The van der Waals surface area contributed by atoms with Crippen molar-refractivity contribution in [3.8, 4) is 11.3 Å². The zero-order valence-electron chi connectivity index (χ0n) is 18.0. The SMILES string of the molecule is C1CC1.C[C@@H]1CN(Cc2ccc(-c3cccc4nc(NC(=O)O)nn34)cc2)C[C@H](C)O1. The summed E-state index contributed by atoms with van der Waals surface area (Å²) in [6.07, 6.45) is 3.82. The Hall–Kier alpha value is -2.97. The van der Waals surface area contributed by atoms with Gasteiger partial charge in [-0.2, -0.15) is 4.98 Å². The van der Waals surface area contributed by atoms with Crippen LogP contribution in [0.15, 0.2) is 42.5 Å². The van der Waals surface area contributed by atoms with Crippen molar-refractivity contribution in [1.82, 2.24) is 19.5 Å². The van der Waals surface area contributed by atoms with E-state index in [2.05, 4.69) is 58.4 Å². The Kier molecular flexibility index (Phi) is 6.48. The molecule has 2 N–H and O–H groups in total. The molecule has 0 bridgehead atoms. The van der Waals surface area contributed by atoms with Gasteiger partial charge in [-0.25, -0.2) is 9.31 Å². The van der Waals surface area contributed by atoms with Gasteiger partial charge in [-0.05, 0) is 31.5 Å². The molecule has 31 heavy (non-hydrogen) atoms. The molecule has 2 atom stereocenters. The number of aromatic nitrogens is 3. The fourth-order valence-electron chi connectivity index (χ4n) is 3.72. The van der Waals surface area contributed by atoms with E-state index in [4.69, 9.17) is 9.84 Å². The summed E-state index contributed by atoms with van der Waals surface area (Å²) in [4.78, 5) is 17.4. The first-order chi connectivity index (χ1) is 15.0. The number of fused-ring (bicyclic) bond motifs is 1.